The predicted molar refractivity (Wildman–Crippen MR) is 122 cm³/mol. The standard InChI is InChI=1S/C26H29N3O2/c1-18-15-24(20(3)29(18)19(2)21-9-5-4-6-10-21)26(31)27-16-25(30)28-14-13-22-11-7-8-12-23(22)17-28/h4-12,15,19H,13-14,16-17H2,1-3H3,(H,27,31). The molecule has 2 heterocycles. The van der Waals surface area contributed by atoms with Crippen molar-refractivity contribution in [3.8, 4) is 0 Å². The molecule has 5 heteroatoms. The first kappa shape index (κ1) is 20.9. The van der Waals surface area contributed by atoms with E-state index in [0.29, 0.717) is 18.7 Å². The summed E-state index contributed by atoms with van der Waals surface area (Å²) in [4.78, 5) is 27.4. The molecule has 3 aromatic rings. The summed E-state index contributed by atoms with van der Waals surface area (Å²) in [6.07, 6.45) is 0.856. The number of nitrogens with one attached hydrogen (secondary N) is 1. The van der Waals surface area contributed by atoms with Crippen molar-refractivity contribution in [3.63, 3.8) is 0 Å². The molecule has 1 aliphatic heterocycles. The molecule has 0 fully saturated rings. The molecule has 160 valence electrons. The molecule has 0 aliphatic carbocycles. The molecule has 0 bridgehead atoms. The van der Waals surface area contributed by atoms with E-state index in [1.807, 2.05) is 55.1 Å². The maximum atomic E-state index is 12.9. The average molecular weight is 416 g/mol. The summed E-state index contributed by atoms with van der Waals surface area (Å²) in [6.45, 7) is 7.42. The van der Waals surface area contributed by atoms with Crippen LogP contribution >= 0.6 is 0 Å². The minimum absolute atomic E-state index is 0.0128. The van der Waals surface area contributed by atoms with E-state index < -0.39 is 0 Å². The summed E-state index contributed by atoms with van der Waals surface area (Å²) in [5, 5.41) is 2.84. The fourth-order valence-electron chi connectivity index (χ4n) is 4.56. The van der Waals surface area contributed by atoms with Crippen LogP contribution in [0.4, 0.5) is 0 Å². The summed E-state index contributed by atoms with van der Waals surface area (Å²) in [5.74, 6) is -0.250. The van der Waals surface area contributed by atoms with Gasteiger partial charge in [-0.05, 0) is 49.9 Å². The average Bonchev–Trinajstić information content (AvgIpc) is 3.10. The van der Waals surface area contributed by atoms with Gasteiger partial charge in [-0.3, -0.25) is 9.59 Å². The highest BCUT2D eigenvalue weighted by Gasteiger charge is 2.23. The van der Waals surface area contributed by atoms with Gasteiger partial charge in [-0.15, -0.1) is 0 Å². The Balaban J connectivity index is 1.42. The van der Waals surface area contributed by atoms with Gasteiger partial charge in [0.15, 0.2) is 0 Å². The number of benzene rings is 2. The van der Waals surface area contributed by atoms with Gasteiger partial charge in [-0.2, -0.15) is 0 Å². The molecule has 31 heavy (non-hydrogen) atoms. The van der Waals surface area contributed by atoms with Crippen LogP contribution in [0.1, 0.15) is 51.4 Å². The van der Waals surface area contributed by atoms with E-state index in [0.717, 1.165) is 17.8 Å². The molecule has 0 spiro atoms. The largest absolute Gasteiger partial charge is 0.343 e. The quantitative estimate of drug-likeness (QED) is 0.684. The Labute approximate surface area is 183 Å². The first-order valence-corrected chi connectivity index (χ1v) is 10.8. The minimum atomic E-state index is -0.203. The molecule has 0 saturated carbocycles. The molecule has 1 atom stereocenters. The Kier molecular flexibility index (Phi) is 5.94. The number of rotatable bonds is 5. The van der Waals surface area contributed by atoms with Crippen molar-refractivity contribution in [2.45, 2.75) is 39.8 Å². The van der Waals surface area contributed by atoms with E-state index in [1.54, 1.807) is 0 Å². The van der Waals surface area contributed by atoms with Crippen LogP contribution in [0.3, 0.4) is 0 Å². The molecule has 4 rings (SSSR count). The fraction of sp³-hybridized carbons (Fsp3) is 0.308. The lowest BCUT2D eigenvalue weighted by atomic mass is 10.00. The van der Waals surface area contributed by atoms with Gasteiger partial charge in [-0.25, -0.2) is 0 Å². The molecule has 1 aromatic heterocycles. The molecule has 1 unspecified atom stereocenters. The topological polar surface area (TPSA) is 54.3 Å². The van der Waals surface area contributed by atoms with Crippen LogP contribution in [0.5, 0.6) is 0 Å². The van der Waals surface area contributed by atoms with Crippen molar-refractivity contribution in [3.05, 3.63) is 94.3 Å². The number of carbonyl (C=O) groups is 2. The van der Waals surface area contributed by atoms with Gasteiger partial charge < -0.3 is 14.8 Å². The molecule has 2 aromatic carbocycles. The van der Waals surface area contributed by atoms with Crippen LogP contribution in [0.25, 0.3) is 0 Å². The summed E-state index contributed by atoms with van der Waals surface area (Å²) in [5.41, 5.74) is 6.24. The normalized spacial score (nSPS) is 14.1. The highest BCUT2D eigenvalue weighted by atomic mass is 16.2. The van der Waals surface area contributed by atoms with E-state index in [1.165, 1.54) is 16.7 Å². The molecular weight excluding hydrogens is 386 g/mol. The van der Waals surface area contributed by atoms with E-state index in [2.05, 4.69) is 41.1 Å². The van der Waals surface area contributed by atoms with Gasteiger partial charge >= 0.3 is 0 Å². The van der Waals surface area contributed by atoms with Gasteiger partial charge in [0, 0.05) is 24.5 Å². The van der Waals surface area contributed by atoms with Crippen molar-refractivity contribution in [2.75, 3.05) is 13.1 Å². The Morgan fingerprint density at radius 1 is 1.00 bits per heavy atom. The number of aryl methyl sites for hydroxylation is 1. The minimum Gasteiger partial charge on any atom is -0.343 e. The zero-order valence-electron chi connectivity index (χ0n) is 18.4. The van der Waals surface area contributed by atoms with Crippen LogP contribution in [0.2, 0.25) is 0 Å². The Morgan fingerprint density at radius 2 is 1.68 bits per heavy atom. The van der Waals surface area contributed by atoms with Crippen LogP contribution in [0.15, 0.2) is 60.7 Å². The van der Waals surface area contributed by atoms with Crippen molar-refractivity contribution in [1.29, 1.82) is 0 Å². The van der Waals surface area contributed by atoms with Gasteiger partial charge in [0.2, 0.25) is 5.91 Å². The van der Waals surface area contributed by atoms with Crippen LogP contribution in [-0.4, -0.2) is 34.4 Å². The maximum Gasteiger partial charge on any atom is 0.253 e. The Morgan fingerprint density at radius 3 is 2.42 bits per heavy atom. The molecule has 1 N–H and O–H groups in total. The zero-order valence-corrected chi connectivity index (χ0v) is 18.4. The Bertz CT molecular complexity index is 1100. The number of amides is 2. The van der Waals surface area contributed by atoms with Crippen molar-refractivity contribution in [1.82, 2.24) is 14.8 Å². The van der Waals surface area contributed by atoms with Gasteiger partial charge in [0.25, 0.3) is 5.91 Å². The second kappa shape index (κ2) is 8.80. The smallest absolute Gasteiger partial charge is 0.253 e. The Hall–Kier alpha value is -3.34. The third-order valence-corrected chi connectivity index (χ3v) is 6.28. The third kappa shape index (κ3) is 4.26. The van der Waals surface area contributed by atoms with E-state index in [9.17, 15) is 9.59 Å². The molecule has 1 aliphatic rings. The monoisotopic (exact) mass is 415 g/mol. The summed E-state index contributed by atoms with van der Waals surface area (Å²) in [6, 6.07) is 20.5. The first-order valence-electron chi connectivity index (χ1n) is 10.8. The molecule has 5 nitrogen and oxygen atoms in total. The second-order valence-electron chi connectivity index (χ2n) is 8.26. The summed E-state index contributed by atoms with van der Waals surface area (Å²) < 4.78 is 2.17. The third-order valence-electron chi connectivity index (χ3n) is 6.28. The predicted octanol–water partition coefficient (Wildman–Crippen LogP) is 4.03. The zero-order chi connectivity index (χ0) is 22.0. The van der Waals surface area contributed by atoms with Crippen molar-refractivity contribution < 1.29 is 9.59 Å². The lowest BCUT2D eigenvalue weighted by Crippen LogP contribution is -2.42. The fourth-order valence-corrected chi connectivity index (χ4v) is 4.56. The second-order valence-corrected chi connectivity index (χ2v) is 8.26. The SMILES string of the molecule is Cc1cc(C(=O)NCC(=O)N2CCc3ccccc3C2)c(C)n1C(C)c1ccccc1. The number of aromatic nitrogens is 1. The van der Waals surface area contributed by atoms with Gasteiger partial charge in [0.05, 0.1) is 18.2 Å². The summed E-state index contributed by atoms with van der Waals surface area (Å²) >= 11 is 0. The highest BCUT2D eigenvalue weighted by Crippen LogP contribution is 2.25. The van der Waals surface area contributed by atoms with Gasteiger partial charge in [-0.1, -0.05) is 54.6 Å². The molecule has 2 amide bonds. The number of fused-ring (bicyclic) bond motifs is 1. The molecular formula is C26H29N3O2. The van der Waals surface area contributed by atoms with E-state index in [-0.39, 0.29) is 24.4 Å². The lowest BCUT2D eigenvalue weighted by molar-refractivity contribution is -0.131. The van der Waals surface area contributed by atoms with Gasteiger partial charge in [0.1, 0.15) is 0 Å². The number of hydrogen-bond acceptors (Lipinski definition) is 2. The highest BCUT2D eigenvalue weighted by molar-refractivity contribution is 5.97. The van der Waals surface area contributed by atoms with Crippen LogP contribution in [-0.2, 0) is 17.8 Å². The molecule has 0 radical (unpaired) electrons. The molecule has 0 saturated heterocycles. The van der Waals surface area contributed by atoms with Crippen molar-refractivity contribution >= 4 is 11.8 Å². The first-order chi connectivity index (χ1) is 15.0. The maximum absolute atomic E-state index is 12.9. The van der Waals surface area contributed by atoms with E-state index >= 15 is 0 Å². The lowest BCUT2D eigenvalue weighted by Gasteiger charge is -2.29. The van der Waals surface area contributed by atoms with Crippen LogP contribution < -0.4 is 5.32 Å². The van der Waals surface area contributed by atoms with E-state index in [4.69, 9.17) is 0 Å². The number of carbonyl (C=O) groups excluding carboxylic acids is 2. The number of nitrogens with zero attached hydrogens (tertiary/aromatic N) is 2. The van der Waals surface area contributed by atoms with Crippen LogP contribution in [0, 0.1) is 13.8 Å². The number of hydrogen-bond donors (Lipinski definition) is 1. The summed E-state index contributed by atoms with van der Waals surface area (Å²) in [7, 11) is 0. The van der Waals surface area contributed by atoms with Crippen molar-refractivity contribution in [2.24, 2.45) is 0 Å².